The fourth-order valence-corrected chi connectivity index (χ4v) is 2.32. The van der Waals surface area contributed by atoms with Crippen LogP contribution in [-0.4, -0.2) is 48.6 Å². The number of hydrogen-bond acceptors (Lipinski definition) is 3. The Morgan fingerprint density at radius 1 is 1.41 bits per heavy atom. The Balaban J connectivity index is 1.57. The quantitative estimate of drug-likeness (QED) is 0.640. The molecule has 1 saturated heterocycles. The lowest BCUT2D eigenvalue weighted by molar-refractivity contribution is 0.176. The molecule has 96 valence electrons. The Hall–Kier alpha value is -0.840. The summed E-state index contributed by atoms with van der Waals surface area (Å²) in [4.78, 5) is 5.65. The van der Waals surface area contributed by atoms with E-state index >= 15 is 0 Å². The molecule has 1 fully saturated rings. The van der Waals surface area contributed by atoms with Crippen molar-refractivity contribution in [2.24, 2.45) is 0 Å². The molecule has 1 atom stereocenters. The Labute approximate surface area is 104 Å². The molecule has 1 unspecified atom stereocenters. The summed E-state index contributed by atoms with van der Waals surface area (Å²) < 4.78 is 0. The molecule has 1 aliphatic heterocycles. The van der Waals surface area contributed by atoms with Gasteiger partial charge in [-0.3, -0.25) is 4.90 Å². The van der Waals surface area contributed by atoms with Crippen LogP contribution in [0, 0.1) is 0 Å². The predicted molar refractivity (Wildman–Crippen MR) is 71.0 cm³/mol. The SMILES string of the molecule is CC(CCNCc1cc[nH]c1)N1CCNCC1. The first-order valence-electron chi connectivity index (χ1n) is 6.63. The van der Waals surface area contributed by atoms with Crippen LogP contribution in [0.5, 0.6) is 0 Å². The highest BCUT2D eigenvalue weighted by Crippen LogP contribution is 2.04. The third kappa shape index (κ3) is 4.15. The Bertz CT molecular complexity index is 290. The summed E-state index contributed by atoms with van der Waals surface area (Å²) in [6.07, 6.45) is 5.25. The number of rotatable bonds is 6. The Kier molecular flexibility index (Phi) is 5.04. The summed E-state index contributed by atoms with van der Waals surface area (Å²) >= 11 is 0. The summed E-state index contributed by atoms with van der Waals surface area (Å²) in [7, 11) is 0. The van der Waals surface area contributed by atoms with E-state index < -0.39 is 0 Å². The number of H-pyrrole nitrogens is 1. The second-order valence-corrected chi connectivity index (χ2v) is 4.82. The minimum absolute atomic E-state index is 0.691. The van der Waals surface area contributed by atoms with Crippen molar-refractivity contribution in [2.75, 3.05) is 32.7 Å². The van der Waals surface area contributed by atoms with Gasteiger partial charge in [0, 0.05) is 51.2 Å². The molecule has 0 bridgehead atoms. The van der Waals surface area contributed by atoms with Crippen molar-refractivity contribution in [2.45, 2.75) is 25.9 Å². The lowest BCUT2D eigenvalue weighted by Gasteiger charge is -2.32. The van der Waals surface area contributed by atoms with E-state index in [9.17, 15) is 0 Å². The standard InChI is InChI=1S/C13H24N4/c1-12(17-8-6-14-7-9-17)2-4-15-10-13-3-5-16-11-13/h3,5,11-12,14-16H,2,4,6-10H2,1H3. The van der Waals surface area contributed by atoms with Gasteiger partial charge in [0.05, 0.1) is 0 Å². The lowest BCUT2D eigenvalue weighted by Crippen LogP contribution is -2.48. The average Bonchev–Trinajstić information content (AvgIpc) is 2.88. The molecule has 0 spiro atoms. The summed E-state index contributed by atoms with van der Waals surface area (Å²) in [6, 6.07) is 2.81. The second-order valence-electron chi connectivity index (χ2n) is 4.82. The van der Waals surface area contributed by atoms with E-state index in [2.05, 4.69) is 33.5 Å². The van der Waals surface area contributed by atoms with E-state index in [-0.39, 0.29) is 0 Å². The number of nitrogens with one attached hydrogen (secondary N) is 3. The van der Waals surface area contributed by atoms with Crippen LogP contribution in [0.4, 0.5) is 0 Å². The van der Waals surface area contributed by atoms with Crippen LogP contribution in [0.25, 0.3) is 0 Å². The first kappa shape index (κ1) is 12.6. The highest BCUT2D eigenvalue weighted by Gasteiger charge is 2.15. The molecule has 4 nitrogen and oxygen atoms in total. The number of nitrogens with zero attached hydrogens (tertiary/aromatic N) is 1. The molecule has 0 aromatic carbocycles. The zero-order valence-electron chi connectivity index (χ0n) is 10.7. The predicted octanol–water partition coefficient (Wildman–Crippen LogP) is 0.788. The van der Waals surface area contributed by atoms with Crippen LogP contribution in [0.3, 0.4) is 0 Å². The zero-order chi connectivity index (χ0) is 11.9. The molecule has 1 aromatic rings. The highest BCUT2D eigenvalue weighted by atomic mass is 15.2. The van der Waals surface area contributed by atoms with E-state index in [1.165, 1.54) is 25.1 Å². The van der Waals surface area contributed by atoms with E-state index in [4.69, 9.17) is 0 Å². The average molecular weight is 236 g/mol. The molecule has 0 radical (unpaired) electrons. The molecule has 17 heavy (non-hydrogen) atoms. The van der Waals surface area contributed by atoms with Crippen molar-refractivity contribution >= 4 is 0 Å². The van der Waals surface area contributed by atoms with Crippen LogP contribution < -0.4 is 10.6 Å². The first-order valence-corrected chi connectivity index (χ1v) is 6.63. The van der Waals surface area contributed by atoms with Gasteiger partial charge in [0.2, 0.25) is 0 Å². The topological polar surface area (TPSA) is 43.1 Å². The van der Waals surface area contributed by atoms with Gasteiger partial charge in [0.15, 0.2) is 0 Å². The van der Waals surface area contributed by atoms with Gasteiger partial charge < -0.3 is 15.6 Å². The third-order valence-electron chi connectivity index (χ3n) is 3.51. The van der Waals surface area contributed by atoms with Crippen LogP contribution in [-0.2, 0) is 6.54 Å². The van der Waals surface area contributed by atoms with Gasteiger partial charge in [-0.25, -0.2) is 0 Å². The number of aromatic nitrogens is 1. The molecule has 1 aliphatic rings. The van der Waals surface area contributed by atoms with E-state index in [1.807, 2.05) is 12.4 Å². The molecule has 3 N–H and O–H groups in total. The smallest absolute Gasteiger partial charge is 0.0220 e. The maximum Gasteiger partial charge on any atom is 0.0220 e. The first-order chi connectivity index (χ1) is 8.36. The normalized spacial score (nSPS) is 19.4. The summed E-state index contributed by atoms with van der Waals surface area (Å²) in [5.74, 6) is 0. The van der Waals surface area contributed by atoms with Gasteiger partial charge in [-0.2, -0.15) is 0 Å². The van der Waals surface area contributed by atoms with Gasteiger partial charge >= 0.3 is 0 Å². The maximum atomic E-state index is 3.50. The molecule has 2 rings (SSSR count). The molecule has 1 aromatic heterocycles. The van der Waals surface area contributed by atoms with E-state index in [0.29, 0.717) is 6.04 Å². The van der Waals surface area contributed by atoms with Crippen molar-refractivity contribution in [3.8, 4) is 0 Å². The van der Waals surface area contributed by atoms with Crippen LogP contribution in [0.15, 0.2) is 18.5 Å². The molecule has 0 amide bonds. The van der Waals surface area contributed by atoms with Gasteiger partial charge in [0.25, 0.3) is 0 Å². The number of piperazine rings is 1. The maximum absolute atomic E-state index is 3.50. The summed E-state index contributed by atoms with van der Waals surface area (Å²) in [5.41, 5.74) is 1.33. The third-order valence-corrected chi connectivity index (χ3v) is 3.51. The molecular formula is C13H24N4. The zero-order valence-corrected chi connectivity index (χ0v) is 10.7. The molecule has 0 aliphatic carbocycles. The van der Waals surface area contributed by atoms with Crippen LogP contribution >= 0.6 is 0 Å². The Morgan fingerprint density at radius 3 is 2.94 bits per heavy atom. The van der Waals surface area contributed by atoms with Gasteiger partial charge in [0.1, 0.15) is 0 Å². The fraction of sp³-hybridized carbons (Fsp3) is 0.692. The van der Waals surface area contributed by atoms with Gasteiger partial charge in [-0.15, -0.1) is 0 Å². The van der Waals surface area contributed by atoms with Crippen molar-refractivity contribution in [3.63, 3.8) is 0 Å². The molecule has 4 heteroatoms. The van der Waals surface area contributed by atoms with Crippen LogP contribution in [0.2, 0.25) is 0 Å². The largest absolute Gasteiger partial charge is 0.367 e. The molecule has 0 saturated carbocycles. The lowest BCUT2D eigenvalue weighted by atomic mass is 10.2. The monoisotopic (exact) mass is 236 g/mol. The van der Waals surface area contributed by atoms with Gasteiger partial charge in [-0.1, -0.05) is 0 Å². The fourth-order valence-electron chi connectivity index (χ4n) is 2.32. The summed E-state index contributed by atoms with van der Waals surface area (Å²) in [6.45, 7) is 9.07. The van der Waals surface area contributed by atoms with Gasteiger partial charge in [-0.05, 0) is 31.5 Å². The Morgan fingerprint density at radius 2 is 2.24 bits per heavy atom. The van der Waals surface area contributed by atoms with Crippen molar-refractivity contribution in [1.29, 1.82) is 0 Å². The summed E-state index contributed by atoms with van der Waals surface area (Å²) in [5, 5.41) is 6.89. The van der Waals surface area contributed by atoms with Crippen molar-refractivity contribution in [3.05, 3.63) is 24.0 Å². The minimum Gasteiger partial charge on any atom is -0.367 e. The van der Waals surface area contributed by atoms with E-state index in [1.54, 1.807) is 0 Å². The molecular weight excluding hydrogens is 212 g/mol. The van der Waals surface area contributed by atoms with Crippen molar-refractivity contribution < 1.29 is 0 Å². The number of aromatic amines is 1. The van der Waals surface area contributed by atoms with Crippen molar-refractivity contribution in [1.82, 2.24) is 20.5 Å². The van der Waals surface area contributed by atoms with E-state index in [0.717, 1.165) is 26.2 Å². The van der Waals surface area contributed by atoms with Crippen LogP contribution in [0.1, 0.15) is 18.9 Å². The highest BCUT2D eigenvalue weighted by molar-refractivity contribution is 5.07. The second kappa shape index (κ2) is 6.79. The minimum atomic E-state index is 0.691. The molecule has 2 heterocycles. The number of hydrogen-bond donors (Lipinski definition) is 3.